The molecule has 1 N–H and O–H groups in total. The van der Waals surface area contributed by atoms with E-state index in [1.54, 1.807) is 0 Å². The molecule has 1 aliphatic rings. The van der Waals surface area contributed by atoms with E-state index in [4.69, 9.17) is 4.74 Å². The predicted molar refractivity (Wildman–Crippen MR) is 55.9 cm³/mol. The lowest BCUT2D eigenvalue weighted by molar-refractivity contribution is -0.0180. The Morgan fingerprint density at radius 2 is 2.15 bits per heavy atom. The summed E-state index contributed by atoms with van der Waals surface area (Å²) in [6, 6.07) is 0.592. The molecule has 0 spiro atoms. The molecular weight excluding hydrogens is 162 g/mol. The summed E-state index contributed by atoms with van der Waals surface area (Å²) >= 11 is 0. The third-order valence-electron chi connectivity index (χ3n) is 2.57. The average molecular weight is 185 g/mol. The zero-order chi connectivity index (χ0) is 9.90. The van der Waals surface area contributed by atoms with Gasteiger partial charge in [0.1, 0.15) is 0 Å². The molecule has 0 aliphatic carbocycles. The molecule has 1 rings (SSSR count). The summed E-state index contributed by atoms with van der Waals surface area (Å²) in [6.07, 6.45) is 4.08. The number of rotatable bonds is 4. The molecule has 0 amide bonds. The third-order valence-corrected chi connectivity index (χ3v) is 2.57. The van der Waals surface area contributed by atoms with Crippen LogP contribution in [0.25, 0.3) is 0 Å². The normalized spacial score (nSPS) is 27.0. The minimum absolute atomic E-state index is 0.127. The van der Waals surface area contributed by atoms with E-state index in [9.17, 15) is 0 Å². The minimum Gasteiger partial charge on any atom is -0.372 e. The summed E-state index contributed by atoms with van der Waals surface area (Å²) in [5.74, 6) is 0. The Balaban J connectivity index is 2.11. The van der Waals surface area contributed by atoms with Crippen LogP contribution in [-0.4, -0.2) is 24.3 Å². The molecule has 0 saturated carbocycles. The molecule has 0 radical (unpaired) electrons. The highest BCUT2D eigenvalue weighted by Crippen LogP contribution is 2.30. The lowest BCUT2D eigenvalue weighted by atomic mass is 10.0. The zero-order valence-electron chi connectivity index (χ0n) is 9.39. The third kappa shape index (κ3) is 4.10. The molecule has 1 heterocycles. The molecule has 78 valence electrons. The van der Waals surface area contributed by atoms with E-state index in [1.807, 2.05) is 0 Å². The van der Waals surface area contributed by atoms with Crippen molar-refractivity contribution in [3.8, 4) is 0 Å². The lowest BCUT2D eigenvalue weighted by Crippen LogP contribution is -2.27. The molecule has 0 aromatic rings. The Labute approximate surface area is 82.0 Å². The summed E-state index contributed by atoms with van der Waals surface area (Å²) in [6.45, 7) is 9.81. The van der Waals surface area contributed by atoms with Crippen LogP contribution in [0.15, 0.2) is 0 Å². The predicted octanol–water partition coefficient (Wildman–Crippen LogP) is 2.33. The van der Waals surface area contributed by atoms with Gasteiger partial charge in [-0.25, -0.2) is 0 Å². The van der Waals surface area contributed by atoms with Gasteiger partial charge in [-0.3, -0.25) is 0 Å². The molecule has 1 saturated heterocycles. The number of hydrogen-bond donors (Lipinski definition) is 1. The molecule has 1 atom stereocenters. The molecule has 1 aliphatic heterocycles. The summed E-state index contributed by atoms with van der Waals surface area (Å²) in [7, 11) is 0. The van der Waals surface area contributed by atoms with E-state index in [2.05, 4.69) is 33.0 Å². The first-order valence-electron chi connectivity index (χ1n) is 5.41. The monoisotopic (exact) mass is 185 g/mol. The molecule has 1 unspecified atom stereocenters. The van der Waals surface area contributed by atoms with E-state index in [-0.39, 0.29) is 5.60 Å². The highest BCUT2D eigenvalue weighted by molar-refractivity contribution is 4.81. The van der Waals surface area contributed by atoms with Crippen molar-refractivity contribution in [1.29, 1.82) is 0 Å². The van der Waals surface area contributed by atoms with Crippen LogP contribution in [0.1, 0.15) is 47.0 Å². The van der Waals surface area contributed by atoms with Crippen molar-refractivity contribution < 1.29 is 4.74 Å². The van der Waals surface area contributed by atoms with E-state index in [1.165, 1.54) is 12.8 Å². The van der Waals surface area contributed by atoms with E-state index in [0.29, 0.717) is 12.1 Å². The summed E-state index contributed by atoms with van der Waals surface area (Å²) in [4.78, 5) is 0. The molecule has 1 fully saturated rings. The van der Waals surface area contributed by atoms with Gasteiger partial charge in [-0.1, -0.05) is 13.8 Å². The fourth-order valence-electron chi connectivity index (χ4n) is 1.81. The van der Waals surface area contributed by atoms with Gasteiger partial charge in [-0.15, -0.1) is 0 Å². The largest absolute Gasteiger partial charge is 0.372 e. The van der Waals surface area contributed by atoms with Gasteiger partial charge in [-0.2, -0.15) is 0 Å². The fourth-order valence-corrected chi connectivity index (χ4v) is 1.81. The first-order valence-corrected chi connectivity index (χ1v) is 5.41. The van der Waals surface area contributed by atoms with Crippen LogP contribution >= 0.6 is 0 Å². The van der Waals surface area contributed by atoms with Crippen LogP contribution in [0.4, 0.5) is 0 Å². The topological polar surface area (TPSA) is 21.3 Å². The Hall–Kier alpha value is -0.0800. The number of nitrogens with one attached hydrogen (secondary N) is 1. The number of hydrogen-bond acceptors (Lipinski definition) is 2. The van der Waals surface area contributed by atoms with Crippen LogP contribution in [0, 0.1) is 0 Å². The first kappa shape index (κ1) is 11.0. The Morgan fingerprint density at radius 3 is 2.62 bits per heavy atom. The fraction of sp³-hybridized carbons (Fsp3) is 1.00. The van der Waals surface area contributed by atoms with Gasteiger partial charge in [-0.05, 0) is 39.7 Å². The number of ether oxygens (including phenoxy) is 1. The van der Waals surface area contributed by atoms with Crippen LogP contribution in [0.3, 0.4) is 0 Å². The Kier molecular flexibility index (Phi) is 3.74. The second-order valence-corrected chi connectivity index (χ2v) is 4.94. The highest BCUT2D eigenvalue weighted by atomic mass is 16.5. The maximum Gasteiger partial charge on any atom is 0.0631 e. The SMILES string of the molecule is CC(C)NCCC1CCC(C)(C)O1. The van der Waals surface area contributed by atoms with E-state index < -0.39 is 0 Å². The molecule has 13 heavy (non-hydrogen) atoms. The zero-order valence-corrected chi connectivity index (χ0v) is 9.39. The van der Waals surface area contributed by atoms with Crippen molar-refractivity contribution >= 4 is 0 Å². The molecule has 0 aromatic carbocycles. The summed E-state index contributed by atoms with van der Waals surface area (Å²) in [5.41, 5.74) is 0.127. The van der Waals surface area contributed by atoms with Crippen molar-refractivity contribution in [2.75, 3.05) is 6.54 Å². The van der Waals surface area contributed by atoms with Gasteiger partial charge < -0.3 is 10.1 Å². The minimum atomic E-state index is 0.127. The van der Waals surface area contributed by atoms with Crippen molar-refractivity contribution in [1.82, 2.24) is 5.32 Å². The first-order chi connectivity index (χ1) is 5.99. The Bertz CT molecular complexity index is 154. The van der Waals surface area contributed by atoms with Gasteiger partial charge in [0.15, 0.2) is 0 Å². The van der Waals surface area contributed by atoms with Gasteiger partial charge in [0, 0.05) is 6.04 Å². The molecule has 2 heteroatoms. The molecule has 2 nitrogen and oxygen atoms in total. The van der Waals surface area contributed by atoms with Crippen LogP contribution in [0.5, 0.6) is 0 Å². The standard InChI is InChI=1S/C11H23NO/c1-9(2)12-8-6-10-5-7-11(3,4)13-10/h9-10,12H,5-8H2,1-4H3. The van der Waals surface area contributed by atoms with E-state index >= 15 is 0 Å². The van der Waals surface area contributed by atoms with E-state index in [0.717, 1.165) is 13.0 Å². The molecule has 0 aromatic heterocycles. The maximum absolute atomic E-state index is 5.89. The van der Waals surface area contributed by atoms with Crippen molar-refractivity contribution in [2.24, 2.45) is 0 Å². The second kappa shape index (κ2) is 4.43. The molecular formula is C11H23NO. The summed E-state index contributed by atoms with van der Waals surface area (Å²) in [5, 5.41) is 3.42. The Morgan fingerprint density at radius 1 is 1.46 bits per heavy atom. The van der Waals surface area contributed by atoms with Crippen LogP contribution < -0.4 is 5.32 Å². The van der Waals surface area contributed by atoms with Crippen LogP contribution in [0.2, 0.25) is 0 Å². The van der Waals surface area contributed by atoms with Gasteiger partial charge in [0.25, 0.3) is 0 Å². The average Bonchev–Trinajstić information content (AvgIpc) is 2.29. The smallest absolute Gasteiger partial charge is 0.0631 e. The van der Waals surface area contributed by atoms with Gasteiger partial charge >= 0.3 is 0 Å². The quantitative estimate of drug-likeness (QED) is 0.726. The van der Waals surface area contributed by atoms with Crippen molar-refractivity contribution in [3.63, 3.8) is 0 Å². The van der Waals surface area contributed by atoms with Gasteiger partial charge in [0.05, 0.1) is 11.7 Å². The van der Waals surface area contributed by atoms with Crippen molar-refractivity contribution in [2.45, 2.75) is 64.7 Å². The highest BCUT2D eigenvalue weighted by Gasteiger charge is 2.30. The summed E-state index contributed by atoms with van der Waals surface area (Å²) < 4.78 is 5.89. The second-order valence-electron chi connectivity index (χ2n) is 4.94. The van der Waals surface area contributed by atoms with Crippen LogP contribution in [-0.2, 0) is 4.74 Å². The van der Waals surface area contributed by atoms with Crippen molar-refractivity contribution in [3.05, 3.63) is 0 Å². The molecule has 0 bridgehead atoms. The lowest BCUT2D eigenvalue weighted by Gasteiger charge is -2.19. The van der Waals surface area contributed by atoms with Gasteiger partial charge in [0.2, 0.25) is 0 Å². The maximum atomic E-state index is 5.89.